The highest BCUT2D eigenvalue weighted by Crippen LogP contribution is 2.46. The number of hydrogen-bond donors (Lipinski definition) is 1. The van der Waals surface area contributed by atoms with Crippen molar-refractivity contribution in [1.29, 1.82) is 0 Å². The summed E-state index contributed by atoms with van der Waals surface area (Å²) >= 11 is 0. The van der Waals surface area contributed by atoms with Gasteiger partial charge < -0.3 is 10.0 Å². The predicted molar refractivity (Wildman–Crippen MR) is 77.2 cm³/mol. The number of nitrogens with zero attached hydrogens (tertiary/aromatic N) is 2. The molecule has 0 unspecified atom stereocenters. The van der Waals surface area contributed by atoms with Gasteiger partial charge in [-0.2, -0.15) is 0 Å². The Morgan fingerprint density at radius 1 is 1.25 bits per heavy atom. The number of anilines is 1. The van der Waals surface area contributed by atoms with E-state index in [1.807, 2.05) is 17.0 Å². The molecule has 0 aromatic heterocycles. The topological polar surface area (TPSA) is 60.9 Å². The number of benzene rings is 1. The lowest BCUT2D eigenvalue weighted by atomic mass is 9.88. The quantitative estimate of drug-likeness (QED) is 0.897. The Labute approximate surface area is 119 Å². The summed E-state index contributed by atoms with van der Waals surface area (Å²) in [5, 5.41) is 10.4. The third kappa shape index (κ3) is 2.12. The summed E-state index contributed by atoms with van der Waals surface area (Å²) in [5.74, 6) is 0.399. The highest BCUT2D eigenvalue weighted by molar-refractivity contribution is 7.89. The zero-order valence-corrected chi connectivity index (χ0v) is 12.6. The van der Waals surface area contributed by atoms with Gasteiger partial charge in [0.05, 0.1) is 5.69 Å². The molecule has 1 N–H and O–H groups in total. The SMILES string of the molecule is CN(C)S(=O)(=O)c1ccccc1N1CC(O)(C2CC2)C1. The molecule has 2 aliphatic rings. The van der Waals surface area contributed by atoms with E-state index in [2.05, 4.69) is 0 Å². The van der Waals surface area contributed by atoms with Crippen molar-refractivity contribution in [1.82, 2.24) is 4.31 Å². The van der Waals surface area contributed by atoms with Crippen LogP contribution in [0.5, 0.6) is 0 Å². The largest absolute Gasteiger partial charge is 0.386 e. The summed E-state index contributed by atoms with van der Waals surface area (Å²) in [5.41, 5.74) is 0.0705. The van der Waals surface area contributed by atoms with Crippen LogP contribution < -0.4 is 4.90 Å². The van der Waals surface area contributed by atoms with Crippen LogP contribution in [0.1, 0.15) is 12.8 Å². The molecule has 0 radical (unpaired) electrons. The number of sulfonamides is 1. The summed E-state index contributed by atoms with van der Waals surface area (Å²) in [6, 6.07) is 6.99. The molecule has 1 aromatic rings. The molecule has 1 heterocycles. The van der Waals surface area contributed by atoms with Gasteiger partial charge in [-0.25, -0.2) is 12.7 Å². The van der Waals surface area contributed by atoms with Gasteiger partial charge in [-0.15, -0.1) is 0 Å². The lowest BCUT2D eigenvalue weighted by Gasteiger charge is -2.48. The molecule has 3 rings (SSSR count). The molecule has 6 heteroatoms. The summed E-state index contributed by atoms with van der Waals surface area (Å²) in [7, 11) is -0.400. The fourth-order valence-corrected chi connectivity index (χ4v) is 3.90. The van der Waals surface area contributed by atoms with E-state index in [1.54, 1.807) is 12.1 Å². The van der Waals surface area contributed by atoms with Crippen LogP contribution >= 0.6 is 0 Å². The van der Waals surface area contributed by atoms with Crippen LogP contribution in [0, 0.1) is 5.92 Å². The van der Waals surface area contributed by atoms with Crippen molar-refractivity contribution < 1.29 is 13.5 Å². The van der Waals surface area contributed by atoms with Crippen molar-refractivity contribution in [2.75, 3.05) is 32.1 Å². The second kappa shape index (κ2) is 4.44. The fourth-order valence-electron chi connectivity index (χ4n) is 2.80. The zero-order chi connectivity index (χ0) is 14.5. The standard InChI is InChI=1S/C14H20N2O3S/c1-15(2)20(18,19)13-6-4-3-5-12(13)16-9-14(17,10-16)11-7-8-11/h3-6,11,17H,7-10H2,1-2H3. The number of rotatable bonds is 4. The molecule has 0 bridgehead atoms. The van der Waals surface area contributed by atoms with Gasteiger partial charge in [0.1, 0.15) is 10.5 Å². The maximum absolute atomic E-state index is 12.3. The number of β-amino-alcohol motifs (C(OH)–C–C–N with tert-alkyl or cyclic N) is 1. The minimum atomic E-state index is -3.46. The molecular formula is C14H20N2O3S. The van der Waals surface area contributed by atoms with E-state index in [4.69, 9.17) is 0 Å². The first-order chi connectivity index (χ1) is 9.34. The lowest BCUT2D eigenvalue weighted by molar-refractivity contribution is -0.00959. The van der Waals surface area contributed by atoms with E-state index in [-0.39, 0.29) is 0 Å². The van der Waals surface area contributed by atoms with Gasteiger partial charge in [-0.3, -0.25) is 0 Å². The van der Waals surface area contributed by atoms with Gasteiger partial charge in [-0.05, 0) is 30.9 Å². The van der Waals surface area contributed by atoms with Gasteiger partial charge in [-0.1, -0.05) is 12.1 Å². The van der Waals surface area contributed by atoms with Crippen LogP contribution in [0.2, 0.25) is 0 Å². The van der Waals surface area contributed by atoms with Crippen LogP contribution in [-0.2, 0) is 10.0 Å². The normalized spacial score (nSPS) is 21.9. The number of aliphatic hydroxyl groups is 1. The van der Waals surface area contributed by atoms with Crippen LogP contribution in [-0.4, -0.2) is 50.6 Å². The van der Waals surface area contributed by atoms with Crippen LogP contribution in [0.15, 0.2) is 29.2 Å². The summed E-state index contributed by atoms with van der Waals surface area (Å²) in [4.78, 5) is 2.26. The maximum atomic E-state index is 12.3. The van der Waals surface area contributed by atoms with Gasteiger partial charge in [0.25, 0.3) is 0 Å². The average molecular weight is 296 g/mol. The molecule has 1 aliphatic heterocycles. The molecule has 1 aliphatic carbocycles. The summed E-state index contributed by atoms with van der Waals surface area (Å²) in [6.07, 6.45) is 2.17. The molecule has 0 spiro atoms. The molecule has 20 heavy (non-hydrogen) atoms. The molecule has 2 fully saturated rings. The van der Waals surface area contributed by atoms with Crippen molar-refractivity contribution in [2.45, 2.75) is 23.3 Å². The average Bonchev–Trinajstić information content (AvgIpc) is 3.19. The van der Waals surface area contributed by atoms with E-state index < -0.39 is 15.6 Å². The number of para-hydroxylation sites is 1. The molecule has 0 atom stereocenters. The van der Waals surface area contributed by atoms with Crippen molar-refractivity contribution in [3.63, 3.8) is 0 Å². The Kier molecular flexibility index (Phi) is 3.08. The first-order valence-corrected chi connectivity index (χ1v) is 8.27. The highest BCUT2D eigenvalue weighted by atomic mass is 32.2. The van der Waals surface area contributed by atoms with Crippen LogP contribution in [0.4, 0.5) is 5.69 Å². The second-order valence-electron chi connectivity index (χ2n) is 5.99. The van der Waals surface area contributed by atoms with Crippen LogP contribution in [0.3, 0.4) is 0 Å². The monoisotopic (exact) mass is 296 g/mol. The minimum absolute atomic E-state index is 0.308. The first kappa shape index (κ1) is 13.9. The molecule has 110 valence electrons. The van der Waals surface area contributed by atoms with Crippen molar-refractivity contribution >= 4 is 15.7 Å². The van der Waals surface area contributed by atoms with Crippen molar-refractivity contribution in [3.8, 4) is 0 Å². The molecule has 1 saturated heterocycles. The summed E-state index contributed by atoms with van der Waals surface area (Å²) in [6.45, 7) is 1.05. The Hall–Kier alpha value is -1.11. The molecule has 1 saturated carbocycles. The minimum Gasteiger partial charge on any atom is -0.386 e. The van der Waals surface area contributed by atoms with Gasteiger partial charge in [0.2, 0.25) is 10.0 Å². The third-order valence-electron chi connectivity index (χ3n) is 4.23. The van der Waals surface area contributed by atoms with Gasteiger partial charge in [0.15, 0.2) is 0 Å². The molecular weight excluding hydrogens is 276 g/mol. The van der Waals surface area contributed by atoms with Crippen molar-refractivity contribution in [2.24, 2.45) is 5.92 Å². The smallest absolute Gasteiger partial charge is 0.244 e. The Bertz CT molecular complexity index is 617. The van der Waals surface area contributed by atoms with E-state index in [0.29, 0.717) is 29.6 Å². The van der Waals surface area contributed by atoms with E-state index in [0.717, 1.165) is 12.8 Å². The number of hydrogen-bond acceptors (Lipinski definition) is 4. The van der Waals surface area contributed by atoms with Gasteiger partial charge in [0, 0.05) is 27.2 Å². The van der Waals surface area contributed by atoms with E-state index in [1.165, 1.54) is 18.4 Å². The van der Waals surface area contributed by atoms with Crippen molar-refractivity contribution in [3.05, 3.63) is 24.3 Å². The molecule has 1 aromatic carbocycles. The Morgan fingerprint density at radius 3 is 2.40 bits per heavy atom. The van der Waals surface area contributed by atoms with E-state index >= 15 is 0 Å². The highest BCUT2D eigenvalue weighted by Gasteiger charge is 2.52. The Balaban J connectivity index is 1.89. The summed E-state index contributed by atoms with van der Waals surface area (Å²) < 4.78 is 25.9. The van der Waals surface area contributed by atoms with Crippen LogP contribution in [0.25, 0.3) is 0 Å². The first-order valence-electron chi connectivity index (χ1n) is 6.83. The fraction of sp³-hybridized carbons (Fsp3) is 0.571. The molecule has 0 amide bonds. The van der Waals surface area contributed by atoms with Gasteiger partial charge >= 0.3 is 0 Å². The molecule has 5 nitrogen and oxygen atoms in total. The lowest BCUT2D eigenvalue weighted by Crippen LogP contribution is -2.63. The Morgan fingerprint density at radius 2 is 1.85 bits per heavy atom. The zero-order valence-electron chi connectivity index (χ0n) is 11.8. The van der Waals surface area contributed by atoms with E-state index in [9.17, 15) is 13.5 Å². The third-order valence-corrected chi connectivity index (χ3v) is 6.09. The predicted octanol–water partition coefficient (Wildman–Crippen LogP) is 0.898. The second-order valence-corrected chi connectivity index (χ2v) is 8.11. The maximum Gasteiger partial charge on any atom is 0.244 e.